The van der Waals surface area contributed by atoms with Gasteiger partial charge < -0.3 is 29.9 Å². The van der Waals surface area contributed by atoms with E-state index in [9.17, 15) is 20.1 Å². The highest BCUT2D eigenvalue weighted by atomic mass is 16.6. The number of rotatable bonds is 4. The van der Waals surface area contributed by atoms with Gasteiger partial charge in [-0.15, -0.1) is 0 Å². The molecule has 3 heterocycles. The topological polar surface area (TPSA) is 130 Å². The van der Waals surface area contributed by atoms with Crippen LogP contribution < -0.4 is 5.32 Å². The van der Waals surface area contributed by atoms with Crippen LogP contribution in [-0.2, 0) is 4.74 Å². The van der Waals surface area contributed by atoms with Crippen molar-refractivity contribution in [3.63, 3.8) is 0 Å². The molecule has 4 atom stereocenters. The summed E-state index contributed by atoms with van der Waals surface area (Å²) in [6.45, 7) is -0.415. The molecule has 1 aliphatic rings. The van der Waals surface area contributed by atoms with E-state index in [-0.39, 0.29) is 11.7 Å². The van der Waals surface area contributed by atoms with E-state index in [1.54, 1.807) is 34.9 Å². The summed E-state index contributed by atoms with van der Waals surface area (Å²) in [5.41, 5.74) is 1.46. The van der Waals surface area contributed by atoms with Gasteiger partial charge in [0.2, 0.25) is 0 Å². The van der Waals surface area contributed by atoms with Crippen LogP contribution in [0, 0.1) is 0 Å². The summed E-state index contributed by atoms with van der Waals surface area (Å²) in [6.07, 6.45) is -1.30. The Kier molecular flexibility index (Phi) is 4.58. The summed E-state index contributed by atoms with van der Waals surface area (Å²) >= 11 is 0. The molecule has 1 aromatic carbocycles. The van der Waals surface area contributed by atoms with Crippen molar-refractivity contribution in [2.75, 3.05) is 11.9 Å². The number of aromatic nitrogens is 3. The minimum Gasteiger partial charge on any atom is -0.394 e. The molecular weight excluding hydrogens is 352 g/mol. The molecule has 2 aromatic heterocycles. The third kappa shape index (κ3) is 3.06. The number of imidazole rings is 1. The van der Waals surface area contributed by atoms with Crippen molar-refractivity contribution in [3.05, 3.63) is 54.5 Å². The average Bonchev–Trinajstić information content (AvgIpc) is 3.25. The average molecular weight is 370 g/mol. The lowest BCUT2D eigenvalue weighted by molar-refractivity contribution is -0.0508. The quantitative estimate of drug-likeness (QED) is 0.519. The Balaban J connectivity index is 1.65. The number of carbonyl (C=O) groups excluding carboxylic acids is 1. The third-order valence-corrected chi connectivity index (χ3v) is 4.55. The van der Waals surface area contributed by atoms with Crippen LogP contribution in [0.5, 0.6) is 0 Å². The zero-order valence-electron chi connectivity index (χ0n) is 14.1. The highest BCUT2D eigenvalue weighted by Gasteiger charge is 2.43. The van der Waals surface area contributed by atoms with Gasteiger partial charge in [0.25, 0.3) is 5.91 Å². The second-order valence-electron chi connectivity index (χ2n) is 6.23. The minimum atomic E-state index is -1.23. The highest BCUT2D eigenvalue weighted by molar-refractivity contribution is 6.07. The molecule has 0 bridgehead atoms. The van der Waals surface area contributed by atoms with Crippen molar-refractivity contribution in [1.82, 2.24) is 14.5 Å². The minimum absolute atomic E-state index is 0.270. The molecule has 4 rings (SSSR count). The molecule has 0 aliphatic carbocycles. The van der Waals surface area contributed by atoms with E-state index in [0.717, 1.165) is 0 Å². The number of ether oxygens (including phenoxy) is 1. The maximum Gasteiger partial charge on any atom is 0.256 e. The van der Waals surface area contributed by atoms with Gasteiger partial charge in [-0.3, -0.25) is 4.79 Å². The molecule has 0 spiro atoms. The van der Waals surface area contributed by atoms with E-state index in [0.29, 0.717) is 16.6 Å². The molecule has 1 aliphatic heterocycles. The molecule has 9 nitrogen and oxygen atoms in total. The zero-order chi connectivity index (χ0) is 19.0. The maximum atomic E-state index is 12.4. The molecule has 27 heavy (non-hydrogen) atoms. The number of aliphatic hydroxyl groups is 3. The van der Waals surface area contributed by atoms with Crippen molar-refractivity contribution in [3.8, 4) is 0 Å². The molecule has 0 unspecified atom stereocenters. The van der Waals surface area contributed by atoms with E-state index in [1.165, 1.54) is 12.5 Å². The van der Waals surface area contributed by atoms with Crippen LogP contribution in [0.15, 0.2) is 48.9 Å². The Bertz CT molecular complexity index is 961. The van der Waals surface area contributed by atoms with Crippen LogP contribution >= 0.6 is 0 Å². The number of benzene rings is 1. The van der Waals surface area contributed by atoms with E-state index < -0.39 is 31.1 Å². The summed E-state index contributed by atoms with van der Waals surface area (Å²) in [5.74, 6) is -0.0510. The second-order valence-corrected chi connectivity index (χ2v) is 6.23. The van der Waals surface area contributed by atoms with Crippen LogP contribution in [0.3, 0.4) is 0 Å². The number of hydrogen-bond acceptors (Lipinski definition) is 7. The van der Waals surface area contributed by atoms with Gasteiger partial charge in [-0.1, -0.05) is 18.2 Å². The van der Waals surface area contributed by atoms with Crippen LogP contribution in [-0.4, -0.2) is 60.7 Å². The fourth-order valence-electron chi connectivity index (χ4n) is 3.13. The number of anilines is 1. The highest BCUT2D eigenvalue weighted by Crippen LogP contribution is 2.32. The lowest BCUT2D eigenvalue weighted by Gasteiger charge is -2.17. The van der Waals surface area contributed by atoms with E-state index >= 15 is 0 Å². The lowest BCUT2D eigenvalue weighted by atomic mass is 10.1. The summed E-state index contributed by atoms with van der Waals surface area (Å²) in [6, 6.07) is 10.4. The predicted octanol–water partition coefficient (Wildman–Crippen LogP) is 0.295. The smallest absolute Gasteiger partial charge is 0.256 e. The van der Waals surface area contributed by atoms with E-state index in [2.05, 4.69) is 15.3 Å². The van der Waals surface area contributed by atoms with E-state index in [1.807, 2.05) is 6.07 Å². The van der Waals surface area contributed by atoms with Gasteiger partial charge in [-0.05, 0) is 18.2 Å². The molecule has 4 N–H and O–H groups in total. The van der Waals surface area contributed by atoms with Crippen molar-refractivity contribution in [2.45, 2.75) is 24.5 Å². The second kappa shape index (κ2) is 7.05. The van der Waals surface area contributed by atoms with Gasteiger partial charge in [-0.25, -0.2) is 9.97 Å². The molecule has 3 aromatic rings. The van der Waals surface area contributed by atoms with Gasteiger partial charge in [0.05, 0.1) is 18.5 Å². The van der Waals surface area contributed by atoms with Gasteiger partial charge in [0, 0.05) is 11.8 Å². The first-order valence-corrected chi connectivity index (χ1v) is 8.40. The number of hydrogen-bond donors (Lipinski definition) is 4. The Morgan fingerprint density at radius 3 is 2.63 bits per heavy atom. The zero-order valence-corrected chi connectivity index (χ0v) is 14.1. The van der Waals surface area contributed by atoms with Gasteiger partial charge >= 0.3 is 0 Å². The van der Waals surface area contributed by atoms with Crippen LogP contribution in [0.2, 0.25) is 0 Å². The number of nitrogens with zero attached hydrogens (tertiary/aromatic N) is 3. The standard InChI is InChI=1S/C18H18N4O5/c23-8-12-14(24)15(25)18(27-12)22-9-20-13-11(22)6-7-19-16(13)21-17(26)10-4-2-1-3-5-10/h1-7,9,12,14-15,18,23-25H,8H2,(H,19,21,26)/t12-,14-,15-,18-/m1/s1. The van der Waals surface area contributed by atoms with Crippen LogP contribution in [0.1, 0.15) is 16.6 Å². The van der Waals surface area contributed by atoms with Crippen molar-refractivity contribution in [1.29, 1.82) is 0 Å². The number of pyridine rings is 1. The van der Waals surface area contributed by atoms with Gasteiger partial charge in [0.15, 0.2) is 12.0 Å². The Morgan fingerprint density at radius 2 is 1.93 bits per heavy atom. The SMILES string of the molecule is O=C(Nc1nccc2c1ncn2[C@@H]1O[C@H](CO)[C@@H](O)[C@H]1O)c1ccccc1. The first-order valence-electron chi connectivity index (χ1n) is 8.40. The molecule has 9 heteroatoms. The van der Waals surface area contributed by atoms with Crippen molar-refractivity contribution >= 4 is 22.8 Å². The first-order chi connectivity index (χ1) is 13.1. The molecular formula is C18H18N4O5. The Morgan fingerprint density at radius 1 is 1.15 bits per heavy atom. The Hall–Kier alpha value is -2.85. The summed E-state index contributed by atoms with van der Waals surface area (Å²) < 4.78 is 7.08. The van der Waals surface area contributed by atoms with Crippen molar-refractivity contribution in [2.24, 2.45) is 0 Å². The Labute approximate surface area is 153 Å². The van der Waals surface area contributed by atoms with Crippen molar-refractivity contribution < 1.29 is 24.9 Å². The summed E-state index contributed by atoms with van der Waals surface area (Å²) in [4.78, 5) is 20.8. The van der Waals surface area contributed by atoms with Crippen LogP contribution in [0.4, 0.5) is 5.82 Å². The number of carbonyl (C=O) groups is 1. The largest absolute Gasteiger partial charge is 0.394 e. The molecule has 0 saturated carbocycles. The summed E-state index contributed by atoms with van der Waals surface area (Å²) in [5, 5.41) is 32.2. The molecule has 0 radical (unpaired) electrons. The molecule has 1 saturated heterocycles. The van der Waals surface area contributed by atoms with Gasteiger partial charge in [0.1, 0.15) is 23.8 Å². The lowest BCUT2D eigenvalue weighted by Crippen LogP contribution is -2.33. The monoisotopic (exact) mass is 370 g/mol. The van der Waals surface area contributed by atoms with Crippen LogP contribution in [0.25, 0.3) is 11.0 Å². The maximum absolute atomic E-state index is 12.4. The number of nitrogens with one attached hydrogen (secondary N) is 1. The molecule has 1 amide bonds. The number of amides is 1. The van der Waals surface area contributed by atoms with Gasteiger partial charge in [-0.2, -0.15) is 0 Å². The number of fused-ring (bicyclic) bond motifs is 1. The van der Waals surface area contributed by atoms with E-state index in [4.69, 9.17) is 4.74 Å². The molecule has 140 valence electrons. The third-order valence-electron chi connectivity index (χ3n) is 4.55. The fraction of sp³-hybridized carbons (Fsp3) is 0.278. The normalized spacial score (nSPS) is 25.0. The summed E-state index contributed by atoms with van der Waals surface area (Å²) in [7, 11) is 0. The number of aliphatic hydroxyl groups excluding tert-OH is 3. The fourth-order valence-corrected chi connectivity index (χ4v) is 3.13. The molecule has 1 fully saturated rings. The first kappa shape index (κ1) is 17.6. The predicted molar refractivity (Wildman–Crippen MR) is 94.9 cm³/mol.